The van der Waals surface area contributed by atoms with Gasteiger partial charge in [-0.05, 0) is 18.6 Å². The van der Waals surface area contributed by atoms with Gasteiger partial charge in [0, 0.05) is 53.5 Å². The van der Waals surface area contributed by atoms with Crippen LogP contribution in [0.3, 0.4) is 0 Å². The fourth-order valence-electron chi connectivity index (χ4n) is 2.82. The molecule has 1 fully saturated rings. The van der Waals surface area contributed by atoms with E-state index >= 15 is 0 Å². The first-order valence-corrected chi connectivity index (χ1v) is 9.16. The lowest BCUT2D eigenvalue weighted by Gasteiger charge is -2.38. The van der Waals surface area contributed by atoms with Crippen LogP contribution in [0.4, 0.5) is 5.69 Å². The molecule has 1 aromatic carbocycles. The maximum absolute atomic E-state index is 6.30. The second-order valence-corrected chi connectivity index (χ2v) is 6.27. The number of nitrogens with zero attached hydrogens (tertiary/aromatic N) is 3. The van der Waals surface area contributed by atoms with Gasteiger partial charge in [-0.15, -0.1) is 0 Å². The van der Waals surface area contributed by atoms with E-state index in [2.05, 4.69) is 26.2 Å². The Morgan fingerprint density at radius 2 is 1.92 bits per heavy atom. The van der Waals surface area contributed by atoms with Crippen LogP contribution in [0.1, 0.15) is 6.42 Å². The first-order chi connectivity index (χ1) is 12.3. The molecule has 0 aliphatic carbocycles. The summed E-state index contributed by atoms with van der Waals surface area (Å²) in [6.07, 6.45) is 0.947. The molecule has 7 heteroatoms. The number of hydrogen-bond acceptors (Lipinski definition) is 4. The summed E-state index contributed by atoms with van der Waals surface area (Å²) in [6.45, 7) is 6.59. The number of nitrogens with one attached hydrogen (secondary N) is 1. The molecule has 140 valence electrons. The number of anilines is 1. The van der Waals surface area contributed by atoms with Crippen molar-refractivity contribution in [1.29, 1.82) is 0 Å². The van der Waals surface area contributed by atoms with E-state index in [1.54, 1.807) is 7.11 Å². The molecule has 0 bridgehead atoms. The molecule has 0 saturated carbocycles. The van der Waals surface area contributed by atoms with Crippen LogP contribution in [0, 0.1) is 0 Å². The lowest BCUT2D eigenvalue weighted by Crippen LogP contribution is -2.52. The maximum atomic E-state index is 6.30. The number of guanidine groups is 1. The molecule has 0 spiro atoms. The summed E-state index contributed by atoms with van der Waals surface area (Å²) in [5.41, 5.74) is 1.11. The molecule has 0 amide bonds. The summed E-state index contributed by atoms with van der Waals surface area (Å²) in [6, 6.07) is 8.02. The van der Waals surface area contributed by atoms with Crippen molar-refractivity contribution >= 4 is 23.2 Å². The topological polar surface area (TPSA) is 49.3 Å². The van der Waals surface area contributed by atoms with Crippen LogP contribution in [-0.2, 0) is 9.47 Å². The van der Waals surface area contributed by atoms with Crippen molar-refractivity contribution in [2.75, 3.05) is 71.6 Å². The number of hydrogen-bond donors (Lipinski definition) is 1. The zero-order valence-electron chi connectivity index (χ0n) is 15.2. The van der Waals surface area contributed by atoms with E-state index in [0.717, 1.165) is 62.4 Å². The zero-order chi connectivity index (χ0) is 17.9. The van der Waals surface area contributed by atoms with Crippen LogP contribution in [0.25, 0.3) is 0 Å². The highest BCUT2D eigenvalue weighted by Gasteiger charge is 2.20. The van der Waals surface area contributed by atoms with Gasteiger partial charge in [0.2, 0.25) is 0 Å². The Balaban J connectivity index is 1.70. The van der Waals surface area contributed by atoms with Crippen molar-refractivity contribution < 1.29 is 9.47 Å². The largest absolute Gasteiger partial charge is 0.382 e. The Morgan fingerprint density at radius 1 is 1.16 bits per heavy atom. The van der Waals surface area contributed by atoms with E-state index in [1.807, 2.05) is 25.2 Å². The van der Waals surface area contributed by atoms with Gasteiger partial charge in [-0.2, -0.15) is 0 Å². The molecule has 0 radical (unpaired) electrons. The number of para-hydroxylation sites is 1. The van der Waals surface area contributed by atoms with Gasteiger partial charge in [0.25, 0.3) is 0 Å². The molecule has 1 aliphatic heterocycles. The van der Waals surface area contributed by atoms with Crippen LogP contribution >= 0.6 is 11.6 Å². The Labute approximate surface area is 155 Å². The first kappa shape index (κ1) is 19.8. The third kappa shape index (κ3) is 6.38. The predicted molar refractivity (Wildman–Crippen MR) is 104 cm³/mol. The minimum atomic E-state index is 0.644. The lowest BCUT2D eigenvalue weighted by molar-refractivity contribution is 0.0698. The number of rotatable bonds is 8. The predicted octanol–water partition coefficient (Wildman–Crippen LogP) is 2.09. The molecule has 0 atom stereocenters. The summed E-state index contributed by atoms with van der Waals surface area (Å²) < 4.78 is 10.4. The highest BCUT2D eigenvalue weighted by atomic mass is 35.5. The number of aliphatic imine (C=N–C) groups is 1. The highest BCUT2D eigenvalue weighted by Crippen LogP contribution is 2.25. The second-order valence-electron chi connectivity index (χ2n) is 5.86. The summed E-state index contributed by atoms with van der Waals surface area (Å²) in [7, 11) is 3.51. The van der Waals surface area contributed by atoms with Gasteiger partial charge in [0.05, 0.1) is 23.9 Å². The van der Waals surface area contributed by atoms with Crippen molar-refractivity contribution in [2.45, 2.75) is 6.42 Å². The van der Waals surface area contributed by atoms with E-state index < -0.39 is 0 Å². The van der Waals surface area contributed by atoms with E-state index in [-0.39, 0.29) is 0 Å². The molecule has 0 aromatic heterocycles. The number of methoxy groups -OCH3 is 1. The standard InChI is InChI=1S/C18H29ClN4O2/c1-20-18(21-8-5-13-25-15-14-24-2)23-11-9-22(10-12-23)17-7-4-3-6-16(17)19/h3-4,6-7H,5,8-15H2,1-2H3,(H,20,21). The zero-order valence-corrected chi connectivity index (χ0v) is 16.0. The van der Waals surface area contributed by atoms with Gasteiger partial charge in [0.15, 0.2) is 5.96 Å². The number of ether oxygens (including phenoxy) is 2. The normalized spacial score (nSPS) is 15.6. The van der Waals surface area contributed by atoms with E-state index in [4.69, 9.17) is 21.1 Å². The maximum Gasteiger partial charge on any atom is 0.193 e. The first-order valence-electron chi connectivity index (χ1n) is 8.78. The second kappa shape index (κ2) is 11.2. The average molecular weight is 369 g/mol. The fourth-order valence-corrected chi connectivity index (χ4v) is 3.07. The molecule has 2 rings (SSSR count). The summed E-state index contributed by atoms with van der Waals surface area (Å²) >= 11 is 6.30. The van der Waals surface area contributed by atoms with Crippen LogP contribution in [-0.4, -0.2) is 77.6 Å². The van der Waals surface area contributed by atoms with Crippen molar-refractivity contribution in [2.24, 2.45) is 4.99 Å². The summed E-state index contributed by atoms with van der Waals surface area (Å²) in [5.74, 6) is 0.954. The Hall–Kier alpha value is -1.50. The van der Waals surface area contributed by atoms with Gasteiger partial charge in [-0.3, -0.25) is 4.99 Å². The van der Waals surface area contributed by atoms with Gasteiger partial charge in [-0.1, -0.05) is 23.7 Å². The van der Waals surface area contributed by atoms with E-state index in [9.17, 15) is 0 Å². The van der Waals surface area contributed by atoms with Gasteiger partial charge in [0.1, 0.15) is 0 Å². The molecule has 1 aliphatic rings. The number of halogens is 1. The molecule has 6 nitrogen and oxygen atoms in total. The molecule has 1 N–H and O–H groups in total. The Kier molecular flexibility index (Phi) is 8.86. The smallest absolute Gasteiger partial charge is 0.193 e. The Morgan fingerprint density at radius 3 is 2.60 bits per heavy atom. The summed E-state index contributed by atoms with van der Waals surface area (Å²) in [5, 5.41) is 4.23. The highest BCUT2D eigenvalue weighted by molar-refractivity contribution is 6.33. The molecular formula is C18H29ClN4O2. The fraction of sp³-hybridized carbons (Fsp3) is 0.611. The van der Waals surface area contributed by atoms with Crippen molar-refractivity contribution in [3.8, 4) is 0 Å². The molecule has 25 heavy (non-hydrogen) atoms. The molecule has 0 unspecified atom stereocenters. The minimum Gasteiger partial charge on any atom is -0.382 e. The van der Waals surface area contributed by atoms with E-state index in [0.29, 0.717) is 13.2 Å². The Bertz CT molecular complexity index is 534. The van der Waals surface area contributed by atoms with Gasteiger partial charge >= 0.3 is 0 Å². The third-order valence-electron chi connectivity index (χ3n) is 4.16. The molecule has 1 saturated heterocycles. The quantitative estimate of drug-likeness (QED) is 0.432. The van der Waals surface area contributed by atoms with Crippen LogP contribution < -0.4 is 10.2 Å². The van der Waals surface area contributed by atoms with Gasteiger partial charge < -0.3 is 24.6 Å². The molecule has 1 heterocycles. The molecule has 1 aromatic rings. The van der Waals surface area contributed by atoms with Crippen LogP contribution in [0.2, 0.25) is 5.02 Å². The van der Waals surface area contributed by atoms with Crippen molar-refractivity contribution in [3.05, 3.63) is 29.3 Å². The number of piperazine rings is 1. The SMILES string of the molecule is CN=C(NCCCOCCOC)N1CCN(c2ccccc2Cl)CC1. The third-order valence-corrected chi connectivity index (χ3v) is 4.48. The number of benzene rings is 1. The average Bonchev–Trinajstić information content (AvgIpc) is 2.65. The minimum absolute atomic E-state index is 0.644. The van der Waals surface area contributed by atoms with Crippen molar-refractivity contribution in [3.63, 3.8) is 0 Å². The van der Waals surface area contributed by atoms with Crippen molar-refractivity contribution in [1.82, 2.24) is 10.2 Å². The lowest BCUT2D eigenvalue weighted by atomic mass is 10.2. The van der Waals surface area contributed by atoms with Crippen LogP contribution in [0.5, 0.6) is 0 Å². The molecular weight excluding hydrogens is 340 g/mol. The summed E-state index contributed by atoms with van der Waals surface area (Å²) in [4.78, 5) is 9.02. The monoisotopic (exact) mass is 368 g/mol. The van der Waals surface area contributed by atoms with Crippen LogP contribution in [0.15, 0.2) is 29.3 Å². The van der Waals surface area contributed by atoms with Gasteiger partial charge in [-0.25, -0.2) is 0 Å². The van der Waals surface area contributed by atoms with E-state index in [1.165, 1.54) is 0 Å².